The fourth-order valence-corrected chi connectivity index (χ4v) is 3.45. The normalized spacial score (nSPS) is 11.8. The number of hydrogen-bond donors (Lipinski definition) is 0. The Morgan fingerprint density at radius 2 is 1.27 bits per heavy atom. The van der Waals surface area contributed by atoms with Gasteiger partial charge in [0.2, 0.25) is 0 Å². The summed E-state index contributed by atoms with van der Waals surface area (Å²) in [5.41, 5.74) is 4.55. The quantitative estimate of drug-likeness (QED) is 0.215. The van der Waals surface area contributed by atoms with Gasteiger partial charge in [0.1, 0.15) is 0 Å². The van der Waals surface area contributed by atoms with E-state index in [0.717, 1.165) is 11.4 Å². The number of anilines is 4. The van der Waals surface area contributed by atoms with E-state index in [-0.39, 0.29) is 21.1 Å². The smallest absolute Gasteiger partial charge is 0.493 e. The van der Waals surface area contributed by atoms with Crippen LogP contribution in [0.25, 0.3) is 0 Å². The molecular weight excluding hydrogens is 590 g/mol. The minimum atomic E-state index is 0. The van der Waals surface area contributed by atoms with E-state index < -0.39 is 0 Å². The van der Waals surface area contributed by atoms with E-state index in [1.54, 1.807) is 29.1 Å². The third kappa shape index (κ3) is 5.26. The van der Waals surface area contributed by atoms with E-state index in [1.807, 2.05) is 48.8 Å². The van der Waals surface area contributed by atoms with Crippen molar-refractivity contribution < 1.29 is 21.1 Å². The third-order valence-electron chi connectivity index (χ3n) is 4.90. The number of aromatic nitrogens is 4. The van der Waals surface area contributed by atoms with Gasteiger partial charge in [-0.15, -0.1) is 12.4 Å². The summed E-state index contributed by atoms with van der Waals surface area (Å²) < 4.78 is 3.38. The van der Waals surface area contributed by atoms with Crippen LogP contribution in [0, 0.1) is 12.7 Å². The zero-order valence-electron chi connectivity index (χ0n) is 17.6. The van der Waals surface area contributed by atoms with Gasteiger partial charge in [0.15, 0.2) is 0 Å². The molecule has 1 aliphatic rings. The van der Waals surface area contributed by atoms with Gasteiger partial charge in [-0.2, -0.15) is 40.5 Å². The summed E-state index contributed by atoms with van der Waals surface area (Å²) in [6, 6.07) is 33.8. The topological polar surface area (TPSA) is 42.1 Å². The van der Waals surface area contributed by atoms with Gasteiger partial charge in [-0.25, -0.2) is 0 Å². The van der Waals surface area contributed by atoms with Crippen LogP contribution in [0.2, 0.25) is 0 Å². The van der Waals surface area contributed by atoms with Gasteiger partial charge in [0, 0.05) is 41.8 Å². The van der Waals surface area contributed by atoms with E-state index >= 15 is 0 Å². The maximum atomic E-state index is 3.99. The van der Waals surface area contributed by atoms with Crippen LogP contribution in [0.5, 0.6) is 0 Å². The van der Waals surface area contributed by atoms with Crippen LogP contribution in [0.1, 0.15) is 0 Å². The number of nitrogens with zero attached hydrogens (tertiary/aromatic N) is 6. The standard InChI is InChI=1S/C19H14N2.C6H6BN4.Pt/c1-3-9-16(10-4-1)20-15-21(17-11-5-2-6-12-17)19-14-8-7-13-18(19)20;1-3-8-10(5-1)7-11-6-2-4-9-11;/h1-11,13-15H;1-6H;/q-2;;+2. The summed E-state index contributed by atoms with van der Waals surface area (Å²) in [5, 5.41) is 7.98. The molecule has 1 radical (unpaired) electrons. The van der Waals surface area contributed by atoms with Gasteiger partial charge in [-0.1, -0.05) is 30.3 Å². The molecule has 6 rings (SSSR count). The van der Waals surface area contributed by atoms with Crippen molar-refractivity contribution in [2.75, 3.05) is 9.80 Å². The van der Waals surface area contributed by atoms with Crippen molar-refractivity contribution >= 4 is 30.3 Å². The average Bonchev–Trinajstić information content (AvgIpc) is 3.63. The molecule has 163 valence electrons. The van der Waals surface area contributed by atoms with E-state index in [9.17, 15) is 0 Å². The molecule has 1 aliphatic heterocycles. The second kappa shape index (κ2) is 10.8. The van der Waals surface area contributed by atoms with E-state index in [1.165, 1.54) is 11.4 Å². The molecular formula is C25H20BN6Pt. The SMILES string of the molecule is [B](n1cccn1)n1cccn1.[Pt+2].[c-]1ccccc1N1[CH-]N(c2ccccc2)c2ccccc21. The molecule has 5 aromatic rings. The molecule has 3 heterocycles. The Hall–Kier alpha value is -3.57. The summed E-state index contributed by atoms with van der Waals surface area (Å²) in [6.07, 6.45) is 7.14. The number of hydrogen-bond acceptors (Lipinski definition) is 4. The van der Waals surface area contributed by atoms with Gasteiger partial charge in [-0.3, -0.25) is 9.19 Å². The van der Waals surface area contributed by atoms with Crippen LogP contribution >= 0.6 is 0 Å². The second-order valence-corrected chi connectivity index (χ2v) is 7.02. The minimum absolute atomic E-state index is 0. The molecule has 0 unspecified atom stereocenters. The molecule has 8 heteroatoms. The zero-order valence-corrected chi connectivity index (χ0v) is 19.9. The zero-order chi connectivity index (χ0) is 21.6. The summed E-state index contributed by atoms with van der Waals surface area (Å²) in [7, 11) is 1.78. The maximum absolute atomic E-state index is 3.99. The van der Waals surface area contributed by atoms with Crippen molar-refractivity contribution in [2.24, 2.45) is 0 Å². The Kier molecular flexibility index (Phi) is 7.43. The molecule has 0 fully saturated rings. The minimum Gasteiger partial charge on any atom is -0.493 e. The van der Waals surface area contributed by atoms with Crippen molar-refractivity contribution in [3.8, 4) is 0 Å². The van der Waals surface area contributed by atoms with Crippen molar-refractivity contribution in [2.45, 2.75) is 0 Å². The predicted molar refractivity (Wildman–Crippen MR) is 128 cm³/mol. The fourth-order valence-electron chi connectivity index (χ4n) is 3.45. The molecule has 0 N–H and O–H groups in total. The Morgan fingerprint density at radius 1 is 0.667 bits per heavy atom. The van der Waals surface area contributed by atoms with Gasteiger partial charge in [0.25, 0.3) is 0 Å². The molecule has 0 saturated carbocycles. The average molecular weight is 610 g/mol. The van der Waals surface area contributed by atoms with Gasteiger partial charge < -0.3 is 9.80 Å². The fraction of sp³-hybridized carbons (Fsp3) is 0. The Balaban J connectivity index is 0.000000183. The number of para-hydroxylation sites is 4. The molecule has 6 nitrogen and oxygen atoms in total. The van der Waals surface area contributed by atoms with Crippen LogP contribution in [0.3, 0.4) is 0 Å². The Morgan fingerprint density at radius 3 is 1.85 bits per heavy atom. The number of benzene rings is 3. The van der Waals surface area contributed by atoms with Gasteiger partial charge >= 0.3 is 28.6 Å². The molecule has 0 atom stereocenters. The first-order chi connectivity index (χ1) is 15.9. The Labute approximate surface area is 208 Å². The van der Waals surface area contributed by atoms with Crippen LogP contribution in [0.15, 0.2) is 116 Å². The van der Waals surface area contributed by atoms with Crippen LogP contribution < -0.4 is 9.80 Å². The van der Waals surface area contributed by atoms with Crippen molar-refractivity contribution in [1.29, 1.82) is 0 Å². The van der Waals surface area contributed by atoms with Gasteiger partial charge in [0.05, 0.1) is 0 Å². The Bertz CT molecular complexity index is 1130. The first-order valence-electron chi connectivity index (χ1n) is 10.3. The van der Waals surface area contributed by atoms with Crippen molar-refractivity contribution in [3.63, 3.8) is 0 Å². The van der Waals surface area contributed by atoms with Crippen molar-refractivity contribution in [1.82, 2.24) is 19.4 Å². The molecule has 0 spiro atoms. The van der Waals surface area contributed by atoms with Crippen LogP contribution in [-0.4, -0.2) is 26.9 Å². The predicted octanol–water partition coefficient (Wildman–Crippen LogP) is 4.90. The van der Waals surface area contributed by atoms with E-state index in [2.05, 4.69) is 87.3 Å². The van der Waals surface area contributed by atoms with Gasteiger partial charge in [-0.05, 0) is 36.4 Å². The molecule has 33 heavy (non-hydrogen) atoms. The molecule has 0 saturated heterocycles. The summed E-state index contributed by atoms with van der Waals surface area (Å²) in [5.74, 6) is 0. The summed E-state index contributed by atoms with van der Waals surface area (Å²) >= 11 is 0. The molecule has 3 aromatic carbocycles. The molecule has 0 aliphatic carbocycles. The summed E-state index contributed by atoms with van der Waals surface area (Å²) in [4.78, 5) is 4.37. The first kappa shape index (κ1) is 22.6. The van der Waals surface area contributed by atoms with Crippen molar-refractivity contribution in [3.05, 3.63) is 129 Å². The molecule has 2 aromatic heterocycles. The van der Waals surface area contributed by atoms with Crippen LogP contribution in [-0.2, 0) is 21.1 Å². The second-order valence-electron chi connectivity index (χ2n) is 7.02. The first-order valence-corrected chi connectivity index (χ1v) is 10.3. The van der Waals surface area contributed by atoms with Crippen LogP contribution in [0.4, 0.5) is 22.7 Å². The van der Waals surface area contributed by atoms with E-state index in [0.29, 0.717) is 0 Å². The molecule has 0 amide bonds. The third-order valence-corrected chi connectivity index (χ3v) is 4.90. The summed E-state index contributed by atoms with van der Waals surface area (Å²) in [6.45, 7) is 2.12. The number of rotatable bonds is 4. The largest absolute Gasteiger partial charge is 2.00 e. The molecule has 0 bridgehead atoms. The maximum Gasteiger partial charge on any atom is 2.00 e. The van der Waals surface area contributed by atoms with E-state index in [4.69, 9.17) is 0 Å². The number of fused-ring (bicyclic) bond motifs is 1. The monoisotopic (exact) mass is 610 g/mol.